The third kappa shape index (κ3) is 4.17. The Bertz CT molecular complexity index is 1060. The predicted molar refractivity (Wildman–Crippen MR) is 121 cm³/mol. The minimum absolute atomic E-state index is 0.0791. The van der Waals surface area contributed by atoms with Gasteiger partial charge in [-0.05, 0) is 47.2 Å². The van der Waals surface area contributed by atoms with Crippen LogP contribution in [0.2, 0.25) is 0 Å². The first-order valence-electron chi connectivity index (χ1n) is 9.61. The van der Waals surface area contributed by atoms with Crippen molar-refractivity contribution >= 4 is 32.7 Å². The molecule has 2 heterocycles. The number of nitrogens with zero attached hydrogens (tertiary/aromatic N) is 2. The average Bonchev–Trinajstić information content (AvgIpc) is 3.39. The normalized spacial score (nSPS) is 14.6. The van der Waals surface area contributed by atoms with Crippen LogP contribution < -0.4 is 14.5 Å². The Morgan fingerprint density at radius 3 is 2.52 bits per heavy atom. The first-order chi connectivity index (χ1) is 14.0. The number of benzene rings is 2. The van der Waals surface area contributed by atoms with Gasteiger partial charge >= 0.3 is 0 Å². The molecule has 4 rings (SSSR count). The number of hydrogen-bond donors (Lipinski definition) is 1. The Kier molecular flexibility index (Phi) is 5.63. The molecule has 3 aromatic rings. The number of fused-ring (bicyclic) bond motifs is 1. The van der Waals surface area contributed by atoms with Gasteiger partial charge < -0.3 is 9.80 Å². The van der Waals surface area contributed by atoms with E-state index in [2.05, 4.69) is 57.0 Å². The van der Waals surface area contributed by atoms with Crippen LogP contribution in [0.4, 0.5) is 11.4 Å². The van der Waals surface area contributed by atoms with Gasteiger partial charge in [-0.15, -0.1) is 11.3 Å². The lowest BCUT2D eigenvalue weighted by Gasteiger charge is -2.31. The summed E-state index contributed by atoms with van der Waals surface area (Å²) in [7, 11) is 0.510. The molecule has 0 bridgehead atoms. The second kappa shape index (κ2) is 8.18. The van der Waals surface area contributed by atoms with Gasteiger partial charge in [-0.1, -0.05) is 36.4 Å². The van der Waals surface area contributed by atoms with Crippen LogP contribution in [0.25, 0.3) is 0 Å². The van der Waals surface area contributed by atoms with Gasteiger partial charge in [0.05, 0.1) is 6.04 Å². The van der Waals surface area contributed by atoms with Gasteiger partial charge in [0, 0.05) is 38.6 Å². The zero-order valence-corrected chi connectivity index (χ0v) is 18.2. The molecule has 0 spiro atoms. The molecule has 1 aliphatic heterocycles. The Morgan fingerprint density at radius 1 is 1.07 bits per heavy atom. The van der Waals surface area contributed by atoms with Crippen LogP contribution in [0.5, 0.6) is 0 Å². The van der Waals surface area contributed by atoms with Crippen molar-refractivity contribution in [2.45, 2.75) is 16.7 Å². The third-order valence-electron chi connectivity index (χ3n) is 5.32. The molecule has 0 fully saturated rings. The lowest BCUT2D eigenvalue weighted by molar-refractivity contribution is 0.564. The fourth-order valence-electron chi connectivity index (χ4n) is 3.77. The van der Waals surface area contributed by atoms with E-state index in [4.69, 9.17) is 0 Å². The van der Waals surface area contributed by atoms with Gasteiger partial charge in [0.25, 0.3) is 0 Å². The molecule has 5 nitrogen and oxygen atoms in total. The van der Waals surface area contributed by atoms with E-state index >= 15 is 0 Å². The van der Waals surface area contributed by atoms with Crippen molar-refractivity contribution < 1.29 is 8.42 Å². The van der Waals surface area contributed by atoms with E-state index in [0.717, 1.165) is 24.2 Å². The van der Waals surface area contributed by atoms with E-state index < -0.39 is 10.0 Å². The van der Waals surface area contributed by atoms with Crippen LogP contribution in [0, 0.1) is 0 Å². The second-order valence-corrected chi connectivity index (χ2v) is 10.3. The fourth-order valence-corrected chi connectivity index (χ4v) is 5.84. The van der Waals surface area contributed by atoms with E-state index in [1.54, 1.807) is 17.5 Å². The summed E-state index contributed by atoms with van der Waals surface area (Å²) in [6.45, 7) is 1.19. The Labute approximate surface area is 176 Å². The van der Waals surface area contributed by atoms with Crippen molar-refractivity contribution in [3.05, 3.63) is 77.2 Å². The maximum absolute atomic E-state index is 12.7. The van der Waals surface area contributed by atoms with Gasteiger partial charge in [0.2, 0.25) is 10.0 Å². The molecule has 0 saturated heterocycles. The zero-order chi connectivity index (χ0) is 20.4. The van der Waals surface area contributed by atoms with E-state index in [-0.39, 0.29) is 6.04 Å². The molecule has 7 heteroatoms. The SMILES string of the molecule is CN(C)c1ccc([C@H](CNS(=O)(=O)c2cccs2)N2CCc3ccccc32)cc1. The lowest BCUT2D eigenvalue weighted by atomic mass is 10.0. The topological polar surface area (TPSA) is 52.7 Å². The van der Waals surface area contributed by atoms with Crippen molar-refractivity contribution in [1.29, 1.82) is 0 Å². The quantitative estimate of drug-likeness (QED) is 0.621. The highest BCUT2D eigenvalue weighted by atomic mass is 32.2. The molecule has 29 heavy (non-hydrogen) atoms. The van der Waals surface area contributed by atoms with Crippen LogP contribution in [0.3, 0.4) is 0 Å². The molecule has 152 valence electrons. The maximum Gasteiger partial charge on any atom is 0.250 e. The fraction of sp³-hybridized carbons (Fsp3) is 0.273. The molecule has 2 aromatic carbocycles. The molecule has 1 N–H and O–H groups in total. The molecule has 0 unspecified atom stereocenters. The first-order valence-corrected chi connectivity index (χ1v) is 12.0. The minimum Gasteiger partial charge on any atom is -0.378 e. The molecule has 1 aliphatic rings. The third-order valence-corrected chi connectivity index (χ3v) is 8.14. The van der Waals surface area contributed by atoms with Crippen molar-refractivity contribution in [3.8, 4) is 0 Å². The van der Waals surface area contributed by atoms with Crippen molar-refractivity contribution in [1.82, 2.24) is 4.72 Å². The second-order valence-electron chi connectivity index (χ2n) is 7.36. The van der Waals surface area contributed by atoms with Crippen molar-refractivity contribution in [2.24, 2.45) is 0 Å². The van der Waals surface area contributed by atoms with Gasteiger partial charge in [-0.25, -0.2) is 13.1 Å². The van der Waals surface area contributed by atoms with Crippen LogP contribution in [-0.4, -0.2) is 35.6 Å². The highest BCUT2D eigenvalue weighted by Crippen LogP contribution is 2.35. The summed E-state index contributed by atoms with van der Waals surface area (Å²) in [6, 6.07) is 20.0. The average molecular weight is 428 g/mol. The highest BCUT2D eigenvalue weighted by Gasteiger charge is 2.28. The molecule has 0 radical (unpaired) electrons. The number of thiophene rings is 1. The van der Waals surface area contributed by atoms with E-state index in [1.165, 1.54) is 22.6 Å². The number of para-hydroxylation sites is 1. The maximum atomic E-state index is 12.7. The molecule has 0 amide bonds. The molecule has 1 aromatic heterocycles. The molecule has 1 atom stereocenters. The van der Waals surface area contributed by atoms with Gasteiger partial charge in [-0.2, -0.15) is 0 Å². The van der Waals surface area contributed by atoms with Gasteiger partial charge in [-0.3, -0.25) is 0 Å². The Balaban J connectivity index is 1.64. The van der Waals surface area contributed by atoms with Crippen molar-refractivity contribution in [2.75, 3.05) is 37.0 Å². The number of anilines is 2. The summed E-state index contributed by atoms with van der Waals surface area (Å²) in [4.78, 5) is 4.38. The minimum atomic E-state index is -3.51. The molecule has 0 saturated carbocycles. The van der Waals surface area contributed by atoms with Crippen LogP contribution in [-0.2, 0) is 16.4 Å². The highest BCUT2D eigenvalue weighted by molar-refractivity contribution is 7.91. The summed E-state index contributed by atoms with van der Waals surface area (Å²) in [5.41, 5.74) is 4.71. The summed E-state index contributed by atoms with van der Waals surface area (Å²) < 4.78 is 28.6. The Hall–Kier alpha value is -2.35. The van der Waals surface area contributed by atoms with Crippen LogP contribution in [0.1, 0.15) is 17.2 Å². The standard InChI is InChI=1S/C22H25N3O2S2/c1-24(2)19-11-9-18(10-12-19)21(16-23-29(26,27)22-8-5-15-28-22)25-14-13-17-6-3-4-7-20(17)25/h3-12,15,21,23H,13-14,16H2,1-2H3/t21-/m0/s1. The summed E-state index contributed by atoms with van der Waals surface area (Å²) in [5.74, 6) is 0. The Morgan fingerprint density at radius 2 is 1.83 bits per heavy atom. The number of hydrogen-bond acceptors (Lipinski definition) is 5. The first kappa shape index (κ1) is 19.9. The molecular weight excluding hydrogens is 402 g/mol. The van der Waals surface area contributed by atoms with Gasteiger partial charge in [0.1, 0.15) is 4.21 Å². The van der Waals surface area contributed by atoms with Crippen LogP contribution >= 0.6 is 11.3 Å². The zero-order valence-electron chi connectivity index (χ0n) is 16.6. The van der Waals surface area contributed by atoms with Gasteiger partial charge in [0.15, 0.2) is 0 Å². The molecular formula is C22H25N3O2S2. The van der Waals surface area contributed by atoms with E-state index in [0.29, 0.717) is 10.8 Å². The molecule has 0 aliphatic carbocycles. The summed E-state index contributed by atoms with van der Waals surface area (Å²) in [6.07, 6.45) is 0.972. The van der Waals surface area contributed by atoms with Crippen LogP contribution in [0.15, 0.2) is 70.3 Å². The number of nitrogens with one attached hydrogen (secondary N) is 1. The number of sulfonamides is 1. The van der Waals surface area contributed by atoms with Crippen molar-refractivity contribution in [3.63, 3.8) is 0 Å². The van der Waals surface area contributed by atoms with E-state index in [1.807, 2.05) is 20.2 Å². The predicted octanol–water partition coefficient (Wildman–Crippen LogP) is 3.90. The summed E-state index contributed by atoms with van der Waals surface area (Å²) in [5, 5.41) is 1.78. The van der Waals surface area contributed by atoms with E-state index in [9.17, 15) is 8.42 Å². The largest absolute Gasteiger partial charge is 0.378 e. The lowest BCUT2D eigenvalue weighted by Crippen LogP contribution is -2.37. The smallest absolute Gasteiger partial charge is 0.250 e. The summed E-state index contributed by atoms with van der Waals surface area (Å²) >= 11 is 1.23. The number of rotatable bonds is 7. The monoisotopic (exact) mass is 427 g/mol.